The Hall–Kier alpha value is -6.07. The lowest BCUT2D eigenvalue weighted by atomic mass is 9.28. The van der Waals surface area contributed by atoms with E-state index in [1.807, 2.05) is 0 Å². The van der Waals surface area contributed by atoms with Gasteiger partial charge in [-0.1, -0.05) is 166 Å². The number of allylic oxidation sites excluding steroid dienone is 10. The minimum absolute atomic E-state index is 0.0294. The van der Waals surface area contributed by atoms with E-state index in [0.29, 0.717) is 37.0 Å². The molecule has 93 heavy (non-hydrogen) atoms. The molecule has 13 aliphatic carbocycles. The Morgan fingerprint density at radius 1 is 0.796 bits per heavy atom. The van der Waals surface area contributed by atoms with Crippen molar-refractivity contribution in [2.45, 2.75) is 187 Å². The van der Waals surface area contributed by atoms with Gasteiger partial charge in [0.05, 0.1) is 36.1 Å². The van der Waals surface area contributed by atoms with Crippen molar-refractivity contribution in [3.05, 3.63) is 183 Å². The maximum absolute atomic E-state index is 15.4. The average molecular weight is 1240 g/mol. The van der Waals surface area contributed by atoms with Gasteiger partial charge >= 0.3 is 5.97 Å². The number of benzene rings is 3. The lowest BCUT2D eigenvalue weighted by Crippen LogP contribution is -2.70. The second-order valence-corrected chi connectivity index (χ2v) is 34.0. The zero-order valence-electron chi connectivity index (χ0n) is 55.4. The number of carbonyl (C=O) groups is 1. The quantitative estimate of drug-likeness (QED) is 0.0874. The molecule has 18 bridgehead atoms. The molecule has 5 aliphatic heterocycles. The first-order chi connectivity index (χ1) is 45.2. The van der Waals surface area contributed by atoms with Gasteiger partial charge in [0.2, 0.25) is 0 Å². The molecule has 0 aromatic heterocycles. The van der Waals surface area contributed by atoms with Gasteiger partial charge in [0.25, 0.3) is 0 Å². The molecule has 3 aromatic rings. The van der Waals surface area contributed by atoms with Crippen molar-refractivity contribution in [3.63, 3.8) is 0 Å². The highest BCUT2D eigenvalue weighted by atomic mass is 16.4. The smallest absolute Gasteiger partial charge is 0.307 e. The molecular weight excluding hydrogens is 1140 g/mol. The van der Waals surface area contributed by atoms with E-state index in [4.69, 9.17) is 0 Å². The van der Waals surface area contributed by atoms with Crippen molar-refractivity contribution in [1.29, 1.82) is 0 Å². The first-order valence-electron chi connectivity index (χ1n) is 37.3. The fourth-order valence-corrected chi connectivity index (χ4v) is 27.6. The number of carboxylic acids is 1. The SMILES string of the molecule is C[C@@]12CC=C[C@@]34C=C5C6=c7ccccc7=C[C@@H]5[C@@](CC[C@@H]1O)(C1=C5[C@H]3C#CC[C@@H]3CC[C@@]7(C3)C[C@@H]3[C@@H](C=C[C@@]8([C@H](O)C[C@]53[C@]8(C)CC1)[C@H](C(=O)O)CC/C(=C\O)[C@H](C1CCCCC1)CCCNC1=CC=C(CN1)c1cccc(c1)C6)[C@@]71CC[C@H](Cc3ccccc3)C1)[C@@H]42. The summed E-state index contributed by atoms with van der Waals surface area (Å²) in [5.41, 5.74) is 8.63. The number of fused-ring (bicyclic) bond motifs is 5. The van der Waals surface area contributed by atoms with Crippen LogP contribution in [-0.4, -0.2) is 51.7 Å². The van der Waals surface area contributed by atoms with Gasteiger partial charge in [-0.2, -0.15) is 0 Å². The largest absolute Gasteiger partial charge is 0.516 e. The molecule has 0 radical (unpaired) electrons. The number of carboxylic acid groups (broad SMARTS) is 1. The summed E-state index contributed by atoms with van der Waals surface area (Å²) in [7, 11) is 0. The van der Waals surface area contributed by atoms with Crippen LogP contribution >= 0.6 is 0 Å². The molecule has 6 saturated carbocycles. The van der Waals surface area contributed by atoms with E-state index in [1.165, 1.54) is 113 Å². The summed E-state index contributed by atoms with van der Waals surface area (Å²) in [5, 5.41) is 62.1. The molecular formula is C86H100N2O5. The van der Waals surface area contributed by atoms with Crippen LogP contribution in [0, 0.1) is 114 Å². The predicted octanol–water partition coefficient (Wildman–Crippen LogP) is 15.4. The summed E-state index contributed by atoms with van der Waals surface area (Å²) in [4.78, 5) is 15.4. The summed E-state index contributed by atoms with van der Waals surface area (Å²) < 4.78 is 0. The third-order valence-corrected chi connectivity index (χ3v) is 30.9. The van der Waals surface area contributed by atoms with Gasteiger partial charge in [-0.05, 0) is 254 Å². The molecule has 7 heteroatoms. The first kappa shape index (κ1) is 59.4. The summed E-state index contributed by atoms with van der Waals surface area (Å²) in [5.74, 6) is 9.90. The van der Waals surface area contributed by atoms with Crippen LogP contribution in [0.15, 0.2) is 156 Å². The fourth-order valence-electron chi connectivity index (χ4n) is 27.6. The van der Waals surface area contributed by atoms with Crippen LogP contribution < -0.4 is 21.1 Å². The van der Waals surface area contributed by atoms with Crippen LogP contribution in [0.1, 0.15) is 178 Å². The maximum atomic E-state index is 15.4. The van der Waals surface area contributed by atoms with Gasteiger partial charge in [0.1, 0.15) is 0 Å². The van der Waals surface area contributed by atoms with Gasteiger partial charge in [0, 0.05) is 52.5 Å². The number of aliphatic carboxylic acids is 1. The van der Waals surface area contributed by atoms with Gasteiger partial charge in [-0.25, -0.2) is 0 Å². The van der Waals surface area contributed by atoms with Crippen LogP contribution in [0.3, 0.4) is 0 Å². The maximum Gasteiger partial charge on any atom is 0.307 e. The van der Waals surface area contributed by atoms with Crippen LogP contribution in [-0.2, 0) is 17.6 Å². The average Bonchev–Trinajstić information content (AvgIpc) is 1.60. The monoisotopic (exact) mass is 1240 g/mol. The van der Waals surface area contributed by atoms with Gasteiger partial charge < -0.3 is 31.1 Å². The van der Waals surface area contributed by atoms with Gasteiger partial charge in [-0.3, -0.25) is 4.79 Å². The van der Waals surface area contributed by atoms with Crippen molar-refractivity contribution in [3.8, 4) is 11.8 Å². The minimum atomic E-state index is -1.10. The molecule has 6 fully saturated rings. The number of rotatable bonds is 4. The highest BCUT2D eigenvalue weighted by Gasteiger charge is 2.84. The lowest BCUT2D eigenvalue weighted by Gasteiger charge is -2.74. The molecule has 7 nitrogen and oxygen atoms in total. The van der Waals surface area contributed by atoms with Crippen molar-refractivity contribution in [2.75, 3.05) is 13.1 Å². The van der Waals surface area contributed by atoms with E-state index in [9.17, 15) is 20.4 Å². The number of dihydropyridines is 1. The van der Waals surface area contributed by atoms with E-state index < -0.39 is 51.2 Å². The zero-order chi connectivity index (χ0) is 62.9. The molecule has 3 aromatic carbocycles. The van der Waals surface area contributed by atoms with Crippen LogP contribution in [0.25, 0.3) is 17.2 Å². The van der Waals surface area contributed by atoms with Gasteiger partial charge in [-0.15, -0.1) is 5.92 Å². The Morgan fingerprint density at radius 3 is 2.49 bits per heavy atom. The molecule has 21 rings (SSSR count). The van der Waals surface area contributed by atoms with E-state index in [-0.39, 0.29) is 51.8 Å². The molecule has 5 spiro atoms. The summed E-state index contributed by atoms with van der Waals surface area (Å²) in [6.45, 7) is 6.56. The molecule has 19 atom stereocenters. The molecule has 18 aliphatic rings. The summed E-state index contributed by atoms with van der Waals surface area (Å²) in [6.07, 6.45) is 44.7. The normalized spacial score (nSPS) is 44.3. The summed E-state index contributed by atoms with van der Waals surface area (Å²) in [6, 6.07) is 29.9. The number of aliphatic hydroxyl groups is 3. The van der Waals surface area contributed by atoms with E-state index in [0.717, 1.165) is 108 Å². The third-order valence-electron chi connectivity index (χ3n) is 30.9. The van der Waals surface area contributed by atoms with Crippen molar-refractivity contribution < 1.29 is 25.2 Å². The van der Waals surface area contributed by atoms with Gasteiger partial charge in [0.15, 0.2) is 0 Å². The Bertz CT molecular complexity index is 4030. The highest BCUT2D eigenvalue weighted by molar-refractivity contribution is 5.79. The van der Waals surface area contributed by atoms with Crippen LogP contribution in [0.2, 0.25) is 0 Å². The Labute approximate surface area is 553 Å². The van der Waals surface area contributed by atoms with E-state index >= 15 is 4.79 Å². The Morgan fingerprint density at radius 2 is 1.66 bits per heavy atom. The highest BCUT2D eigenvalue weighted by Crippen LogP contribution is 2.89. The fraction of sp³-hybridized carbons (Fsp3) is 0.570. The number of hydrogen-bond acceptors (Lipinski definition) is 6. The minimum Gasteiger partial charge on any atom is -0.516 e. The molecule has 0 saturated heterocycles. The van der Waals surface area contributed by atoms with Crippen molar-refractivity contribution in [2.24, 2.45) is 102 Å². The van der Waals surface area contributed by atoms with Crippen molar-refractivity contribution in [1.82, 2.24) is 10.6 Å². The number of aliphatic hydroxyl groups excluding tert-OH is 3. The predicted molar refractivity (Wildman–Crippen MR) is 369 cm³/mol. The Kier molecular flexibility index (Phi) is 13.7. The molecule has 484 valence electrons. The zero-order valence-corrected chi connectivity index (χ0v) is 55.4. The lowest BCUT2D eigenvalue weighted by molar-refractivity contribution is -0.174. The molecule has 5 heterocycles. The number of hydrogen-bond donors (Lipinski definition) is 6. The molecule has 0 unspecified atom stereocenters. The first-order valence-corrected chi connectivity index (χ1v) is 37.3. The second kappa shape index (κ2) is 21.5. The third kappa shape index (κ3) is 8.01. The summed E-state index contributed by atoms with van der Waals surface area (Å²) >= 11 is 0. The van der Waals surface area contributed by atoms with Crippen molar-refractivity contribution >= 4 is 23.2 Å². The van der Waals surface area contributed by atoms with E-state index in [2.05, 4.69) is 164 Å². The van der Waals surface area contributed by atoms with Crippen LogP contribution in [0.5, 0.6) is 0 Å². The standard InChI is InChI=1S/C86H100N2O5/c1-79-35-14-36-82-49-66-65-45-56-18-11-22-59(44-56)61-27-29-75(88-52-61)87-42-13-24-63(58-19-7-4-8-20-58)62(53-89)26-28-70(77(92)93)85-41-33-67-72-50-81(83(67)39-31-57(48-83)43-54-15-5-3-6-16-54)38-30-55(47-81)17-12-25-68(82)76-69(32-37-80(85,2)86(72,76)51-74(85)91)84(78(79)82,40-34-73(79)90)71(66)46-60-21-9-10-23-64(60)65/h3,5-6,9-11,14-16,18,21-23,27,29,33,36,41,44,46,49,53,55,57-58,63,67-68,70-74,78,87-91H,4,7-8,13,17,19-20,24,26,28,30-32,34-35,37-40,42-43,45,47-48,50-52H2,1-2H3,(H,92,93)/b62-53+/t55-,57-,63+,67-,68-,70+,71+,72-,73+,74-,78-,79-,80-,81-,82-,83+,84-,85+,86-/m1/s1. The number of nitrogens with one attached hydrogen (secondary N) is 2. The topological polar surface area (TPSA) is 122 Å². The second-order valence-electron chi connectivity index (χ2n) is 34.0. The Balaban J connectivity index is 0.905. The molecule has 0 amide bonds. The van der Waals surface area contributed by atoms with E-state index in [1.54, 1.807) is 5.57 Å². The van der Waals surface area contributed by atoms with Crippen LogP contribution in [0.4, 0.5) is 0 Å². The molecule has 6 N–H and O–H groups in total.